The number of hydrogen-bond acceptors (Lipinski definition) is 5. The highest BCUT2D eigenvalue weighted by Gasteiger charge is 2.21. The molecule has 1 aromatic rings. The number of phenols is 1. The van der Waals surface area contributed by atoms with E-state index in [1.54, 1.807) is 0 Å². The van der Waals surface area contributed by atoms with Crippen molar-refractivity contribution < 1.29 is 15.1 Å². The molecule has 1 rings (SSSR count). The van der Waals surface area contributed by atoms with E-state index in [2.05, 4.69) is 15.9 Å². The lowest BCUT2D eigenvalue weighted by molar-refractivity contribution is -0.386. The van der Waals surface area contributed by atoms with Crippen molar-refractivity contribution in [3.05, 3.63) is 32.3 Å². The van der Waals surface area contributed by atoms with Gasteiger partial charge in [0.2, 0.25) is 0 Å². The Morgan fingerprint density at radius 1 is 1.56 bits per heavy atom. The van der Waals surface area contributed by atoms with Crippen LogP contribution in [-0.4, -0.2) is 21.7 Å². The second kappa shape index (κ2) is 6.00. The van der Waals surface area contributed by atoms with E-state index >= 15 is 0 Å². The van der Waals surface area contributed by atoms with Gasteiger partial charge in [0, 0.05) is 16.1 Å². The molecule has 16 heavy (non-hydrogen) atoms. The van der Waals surface area contributed by atoms with Gasteiger partial charge >= 0.3 is 5.69 Å². The van der Waals surface area contributed by atoms with Crippen LogP contribution >= 0.6 is 28.3 Å². The van der Waals surface area contributed by atoms with Crippen LogP contribution < -0.4 is 5.73 Å². The molecule has 8 heteroatoms. The van der Waals surface area contributed by atoms with Gasteiger partial charge in [-0.05, 0) is 6.07 Å². The molecule has 90 valence electrons. The fraction of sp³-hybridized carbons (Fsp3) is 0.250. The average molecular weight is 314 g/mol. The standard InChI is InChI=1S/C8H9BrN2O4.ClH/c9-4-1-5(6(10)3-12)8(13)7(2-4)11(14)15;/h1-2,6,12-13H,3,10H2;1H/t6-;/m0./s1. The first-order valence-corrected chi connectivity index (χ1v) is 4.80. The molecule has 0 radical (unpaired) electrons. The van der Waals surface area contributed by atoms with Crippen molar-refractivity contribution in [3.8, 4) is 5.75 Å². The van der Waals surface area contributed by atoms with Crippen LogP contribution in [0.25, 0.3) is 0 Å². The Kier molecular flexibility index (Phi) is 5.66. The Morgan fingerprint density at radius 2 is 2.12 bits per heavy atom. The van der Waals surface area contributed by atoms with Crippen LogP contribution in [-0.2, 0) is 0 Å². The van der Waals surface area contributed by atoms with Crippen molar-refractivity contribution in [2.24, 2.45) is 5.73 Å². The number of aromatic hydroxyl groups is 1. The van der Waals surface area contributed by atoms with E-state index in [4.69, 9.17) is 10.8 Å². The minimum absolute atomic E-state index is 0. The van der Waals surface area contributed by atoms with E-state index in [9.17, 15) is 15.2 Å². The maximum Gasteiger partial charge on any atom is 0.312 e. The number of nitrogens with zero attached hydrogens (tertiary/aromatic N) is 1. The number of halogens is 2. The molecule has 0 bridgehead atoms. The fourth-order valence-corrected chi connectivity index (χ4v) is 1.59. The third kappa shape index (κ3) is 3.05. The Labute approximate surface area is 106 Å². The quantitative estimate of drug-likeness (QED) is 0.578. The first kappa shape index (κ1) is 15.1. The van der Waals surface area contributed by atoms with Crippen LogP contribution in [0, 0.1) is 10.1 Å². The van der Waals surface area contributed by atoms with Gasteiger partial charge in [-0.15, -0.1) is 12.4 Å². The zero-order valence-corrected chi connectivity index (χ0v) is 10.4. The van der Waals surface area contributed by atoms with Gasteiger partial charge in [0.1, 0.15) is 0 Å². The summed E-state index contributed by atoms with van der Waals surface area (Å²) in [6.45, 7) is -0.402. The number of nitro benzene ring substituents is 1. The summed E-state index contributed by atoms with van der Waals surface area (Å²) in [5.41, 5.74) is 5.18. The predicted octanol–water partition coefficient (Wildman–Crippen LogP) is 1.48. The van der Waals surface area contributed by atoms with E-state index in [1.807, 2.05) is 0 Å². The molecule has 0 unspecified atom stereocenters. The summed E-state index contributed by atoms with van der Waals surface area (Å²) in [5.74, 6) is -0.509. The van der Waals surface area contributed by atoms with E-state index in [1.165, 1.54) is 12.1 Å². The summed E-state index contributed by atoms with van der Waals surface area (Å²) < 4.78 is 0.422. The number of benzene rings is 1. The van der Waals surface area contributed by atoms with E-state index in [-0.39, 0.29) is 18.0 Å². The Balaban J connectivity index is 0.00000225. The van der Waals surface area contributed by atoms with Crippen molar-refractivity contribution in [3.63, 3.8) is 0 Å². The second-order valence-electron chi connectivity index (χ2n) is 2.91. The number of hydrogen-bond donors (Lipinski definition) is 3. The molecule has 0 aromatic heterocycles. The number of aliphatic hydroxyl groups is 1. The zero-order chi connectivity index (χ0) is 11.6. The van der Waals surface area contributed by atoms with Crippen LogP contribution in [0.15, 0.2) is 16.6 Å². The molecule has 0 spiro atoms. The zero-order valence-electron chi connectivity index (χ0n) is 7.96. The fourth-order valence-electron chi connectivity index (χ4n) is 1.13. The van der Waals surface area contributed by atoms with Crippen LogP contribution in [0.2, 0.25) is 0 Å². The van der Waals surface area contributed by atoms with Crippen LogP contribution in [0.4, 0.5) is 5.69 Å². The van der Waals surface area contributed by atoms with Crippen LogP contribution in [0.3, 0.4) is 0 Å². The predicted molar refractivity (Wildman–Crippen MR) is 63.7 cm³/mol. The molecule has 0 aliphatic carbocycles. The average Bonchev–Trinajstić information content (AvgIpc) is 2.19. The molecule has 1 aromatic carbocycles. The number of aliphatic hydroxyl groups excluding tert-OH is 1. The van der Waals surface area contributed by atoms with Crippen molar-refractivity contribution in [2.75, 3.05) is 6.61 Å². The molecule has 0 aliphatic rings. The Bertz CT molecular complexity index is 402. The largest absolute Gasteiger partial charge is 0.502 e. The van der Waals surface area contributed by atoms with Gasteiger partial charge in [0.15, 0.2) is 5.75 Å². The summed E-state index contributed by atoms with van der Waals surface area (Å²) >= 11 is 3.06. The first-order valence-electron chi connectivity index (χ1n) is 4.00. The molecule has 0 heterocycles. The van der Waals surface area contributed by atoms with Gasteiger partial charge in [0.05, 0.1) is 17.6 Å². The van der Waals surface area contributed by atoms with E-state index in [0.29, 0.717) is 4.47 Å². The summed E-state index contributed by atoms with van der Waals surface area (Å²) in [4.78, 5) is 9.84. The molecule has 6 nitrogen and oxygen atoms in total. The third-order valence-corrected chi connectivity index (χ3v) is 2.33. The topological polar surface area (TPSA) is 110 Å². The minimum atomic E-state index is -0.846. The Morgan fingerprint density at radius 3 is 2.56 bits per heavy atom. The smallest absolute Gasteiger partial charge is 0.312 e. The molecule has 0 amide bonds. The van der Waals surface area contributed by atoms with Gasteiger partial charge in [0.25, 0.3) is 0 Å². The second-order valence-corrected chi connectivity index (χ2v) is 3.82. The van der Waals surface area contributed by atoms with Gasteiger partial charge in [-0.1, -0.05) is 15.9 Å². The third-order valence-electron chi connectivity index (χ3n) is 1.88. The molecular formula is C8H10BrClN2O4. The molecule has 0 fully saturated rings. The summed E-state index contributed by atoms with van der Waals surface area (Å²) in [5, 5.41) is 28.9. The minimum Gasteiger partial charge on any atom is -0.502 e. The highest BCUT2D eigenvalue weighted by molar-refractivity contribution is 9.10. The lowest BCUT2D eigenvalue weighted by Gasteiger charge is -2.11. The summed E-state index contributed by atoms with van der Waals surface area (Å²) in [7, 11) is 0. The van der Waals surface area contributed by atoms with E-state index < -0.39 is 29.0 Å². The first-order chi connectivity index (χ1) is 6.97. The Hall–Kier alpha value is -0.890. The highest BCUT2D eigenvalue weighted by Crippen LogP contribution is 2.35. The molecule has 0 saturated carbocycles. The van der Waals surface area contributed by atoms with Gasteiger partial charge < -0.3 is 15.9 Å². The monoisotopic (exact) mass is 312 g/mol. The SMILES string of the molecule is Cl.N[C@@H](CO)c1cc(Br)cc([N+](=O)[O-])c1O. The molecule has 0 saturated heterocycles. The van der Waals surface area contributed by atoms with Crippen LogP contribution in [0.5, 0.6) is 5.75 Å². The number of nitrogens with two attached hydrogens (primary N) is 1. The van der Waals surface area contributed by atoms with Gasteiger partial charge in [-0.3, -0.25) is 10.1 Å². The number of nitro groups is 1. The van der Waals surface area contributed by atoms with Crippen molar-refractivity contribution in [1.29, 1.82) is 0 Å². The maximum absolute atomic E-state index is 10.6. The van der Waals surface area contributed by atoms with Crippen molar-refractivity contribution >= 4 is 34.0 Å². The molecule has 0 aliphatic heterocycles. The maximum atomic E-state index is 10.6. The van der Waals surface area contributed by atoms with E-state index in [0.717, 1.165) is 0 Å². The van der Waals surface area contributed by atoms with Gasteiger partial charge in [-0.25, -0.2) is 0 Å². The number of phenolic OH excluding ortho intramolecular Hbond substituents is 1. The lowest BCUT2D eigenvalue weighted by Crippen LogP contribution is -2.15. The normalized spacial score (nSPS) is 11.7. The number of rotatable bonds is 3. The summed E-state index contributed by atoms with van der Waals surface area (Å²) in [6.07, 6.45) is 0. The molecule has 4 N–H and O–H groups in total. The summed E-state index contributed by atoms with van der Waals surface area (Å²) in [6, 6.07) is 1.76. The van der Waals surface area contributed by atoms with Crippen LogP contribution in [0.1, 0.15) is 11.6 Å². The molecular weight excluding hydrogens is 303 g/mol. The van der Waals surface area contributed by atoms with Crippen molar-refractivity contribution in [1.82, 2.24) is 0 Å². The van der Waals surface area contributed by atoms with Crippen molar-refractivity contribution in [2.45, 2.75) is 6.04 Å². The molecule has 1 atom stereocenters. The lowest BCUT2D eigenvalue weighted by atomic mass is 10.1. The highest BCUT2D eigenvalue weighted by atomic mass is 79.9. The van der Waals surface area contributed by atoms with Gasteiger partial charge in [-0.2, -0.15) is 0 Å².